The first-order valence-corrected chi connectivity index (χ1v) is 21.7. The van der Waals surface area contributed by atoms with Crippen molar-refractivity contribution >= 4 is 26.7 Å². The van der Waals surface area contributed by atoms with Crippen LogP contribution in [0.2, 0.25) is 33.0 Å². The molecule has 0 radical (unpaired) electrons. The molecule has 0 aliphatic carbocycles. The number of hydrogen-bond acceptors (Lipinski definition) is 1. The minimum atomic E-state index is -2.46. The van der Waals surface area contributed by atoms with Crippen LogP contribution in [0.5, 0.6) is 0 Å². The molecule has 0 N–H and O–H groups in total. The van der Waals surface area contributed by atoms with Crippen LogP contribution in [0.15, 0.2) is 30.3 Å². The van der Waals surface area contributed by atoms with E-state index >= 15 is 0 Å². The van der Waals surface area contributed by atoms with Crippen molar-refractivity contribution in [3.8, 4) is 0 Å². The third-order valence-corrected chi connectivity index (χ3v) is 22.8. The third kappa shape index (κ3) is 8.17. The molecule has 1 aromatic rings. The van der Waals surface area contributed by atoms with Crippen LogP contribution in [0.25, 0.3) is 0 Å². The first-order chi connectivity index (χ1) is 11.9. The Labute approximate surface area is 163 Å². The van der Waals surface area contributed by atoms with E-state index < -0.39 is 26.7 Å². The predicted octanol–water partition coefficient (Wildman–Crippen LogP) is 7.97. The molecule has 0 amide bonds. The van der Waals surface area contributed by atoms with E-state index in [1.54, 1.807) is 0 Å². The number of rotatable bonds is 13. The fourth-order valence-electron chi connectivity index (χ4n) is 3.88. The van der Waals surface area contributed by atoms with Crippen molar-refractivity contribution in [1.82, 2.24) is 0 Å². The molecular formula is C22H42OSiSn. The summed E-state index contributed by atoms with van der Waals surface area (Å²) >= 11 is -2.46. The van der Waals surface area contributed by atoms with Crippen molar-refractivity contribution in [3.05, 3.63) is 35.9 Å². The van der Waals surface area contributed by atoms with Gasteiger partial charge in [0.2, 0.25) is 0 Å². The van der Waals surface area contributed by atoms with E-state index in [0.29, 0.717) is 4.12 Å². The molecule has 0 saturated heterocycles. The second-order valence-corrected chi connectivity index (χ2v) is 26.7. The predicted molar refractivity (Wildman–Crippen MR) is 119 cm³/mol. The van der Waals surface area contributed by atoms with Crippen LogP contribution in [-0.4, -0.2) is 26.7 Å². The molecule has 1 nitrogen and oxygen atoms in total. The zero-order valence-corrected chi connectivity index (χ0v) is 21.6. The van der Waals surface area contributed by atoms with Crippen LogP contribution >= 0.6 is 0 Å². The van der Waals surface area contributed by atoms with Crippen molar-refractivity contribution < 1.29 is 4.43 Å². The van der Waals surface area contributed by atoms with E-state index in [1.165, 1.54) is 57.4 Å². The van der Waals surface area contributed by atoms with Crippen molar-refractivity contribution in [2.45, 2.75) is 96.4 Å². The third-order valence-electron chi connectivity index (χ3n) is 5.21. The van der Waals surface area contributed by atoms with Gasteiger partial charge >= 0.3 is 163 Å². The molecule has 0 spiro atoms. The van der Waals surface area contributed by atoms with Gasteiger partial charge in [0, 0.05) is 0 Å². The topological polar surface area (TPSA) is 9.23 Å². The van der Waals surface area contributed by atoms with Gasteiger partial charge in [-0.3, -0.25) is 0 Å². The second-order valence-electron chi connectivity index (χ2n) is 8.69. The van der Waals surface area contributed by atoms with E-state index in [0.717, 1.165) is 0 Å². The summed E-state index contributed by atoms with van der Waals surface area (Å²) in [5.41, 5.74) is 1.49. The maximum absolute atomic E-state index is 7.01. The van der Waals surface area contributed by atoms with Crippen LogP contribution in [0, 0.1) is 0 Å². The van der Waals surface area contributed by atoms with Crippen molar-refractivity contribution in [2.75, 3.05) is 0 Å². The van der Waals surface area contributed by atoms with Crippen LogP contribution in [0.1, 0.15) is 69.0 Å². The molecule has 0 aromatic heterocycles. The summed E-state index contributed by atoms with van der Waals surface area (Å²) < 4.78 is 12.0. The van der Waals surface area contributed by atoms with E-state index in [2.05, 4.69) is 70.7 Å². The van der Waals surface area contributed by atoms with Crippen molar-refractivity contribution in [1.29, 1.82) is 0 Å². The Hall–Kier alpha value is 0.196. The Morgan fingerprint density at radius 3 is 1.60 bits per heavy atom. The van der Waals surface area contributed by atoms with Crippen molar-refractivity contribution in [3.63, 3.8) is 0 Å². The van der Waals surface area contributed by atoms with Gasteiger partial charge < -0.3 is 0 Å². The Kier molecular flexibility index (Phi) is 11.0. The molecule has 1 aromatic carbocycles. The maximum atomic E-state index is 7.01. The standard InChI is InChI=1S/C10H15OSi.3C4H9.Sn/c1-12(2,3)11-9-10-7-5-4-6-8-10;3*1-3-4-2;/h4-9H,1-3H3;3*1,3-4H2,2H3;. The Balaban J connectivity index is 3.30. The van der Waals surface area contributed by atoms with Gasteiger partial charge in [-0.1, -0.05) is 0 Å². The molecule has 25 heavy (non-hydrogen) atoms. The van der Waals surface area contributed by atoms with E-state index in [-0.39, 0.29) is 0 Å². The summed E-state index contributed by atoms with van der Waals surface area (Å²) in [4.78, 5) is 0. The van der Waals surface area contributed by atoms with Gasteiger partial charge in [-0.15, -0.1) is 0 Å². The fourth-order valence-corrected chi connectivity index (χ4v) is 26.2. The molecular weight excluding hydrogens is 427 g/mol. The van der Waals surface area contributed by atoms with Gasteiger partial charge in [0.15, 0.2) is 0 Å². The summed E-state index contributed by atoms with van der Waals surface area (Å²) in [6.45, 7) is 14.2. The molecule has 0 fully saturated rings. The Morgan fingerprint density at radius 2 is 1.24 bits per heavy atom. The number of benzene rings is 1. The summed E-state index contributed by atoms with van der Waals surface area (Å²) in [7, 11) is -1.58. The molecule has 144 valence electrons. The zero-order chi connectivity index (χ0) is 18.8. The van der Waals surface area contributed by atoms with Gasteiger partial charge in [-0.25, -0.2) is 0 Å². The van der Waals surface area contributed by atoms with Crippen LogP contribution in [0.3, 0.4) is 0 Å². The average Bonchev–Trinajstić information content (AvgIpc) is 2.60. The SMILES string of the molecule is CCC[CH2][Sn]([CH2]CCC)([CH2]CCC)[CH](O[Si](C)(C)C)c1ccccc1. The summed E-state index contributed by atoms with van der Waals surface area (Å²) in [6, 6.07) is 11.3. The van der Waals surface area contributed by atoms with Gasteiger partial charge in [0.25, 0.3) is 0 Å². The van der Waals surface area contributed by atoms with Crippen molar-refractivity contribution in [2.24, 2.45) is 0 Å². The Bertz CT molecular complexity index is 433. The number of unbranched alkanes of at least 4 members (excludes halogenated alkanes) is 3. The molecule has 0 heterocycles. The quantitative estimate of drug-likeness (QED) is 0.266. The van der Waals surface area contributed by atoms with E-state index in [9.17, 15) is 0 Å². The minimum absolute atomic E-state index is 0.465. The van der Waals surface area contributed by atoms with Gasteiger partial charge in [0.05, 0.1) is 0 Å². The molecule has 1 unspecified atom stereocenters. The van der Waals surface area contributed by atoms with Gasteiger partial charge in [-0.2, -0.15) is 0 Å². The van der Waals surface area contributed by atoms with E-state index in [4.69, 9.17) is 4.43 Å². The average molecular weight is 469 g/mol. The fraction of sp³-hybridized carbons (Fsp3) is 0.727. The van der Waals surface area contributed by atoms with Crippen LogP contribution < -0.4 is 0 Å². The molecule has 0 aliphatic heterocycles. The van der Waals surface area contributed by atoms with E-state index in [1.807, 2.05) is 0 Å². The zero-order valence-electron chi connectivity index (χ0n) is 17.7. The summed E-state index contributed by atoms with van der Waals surface area (Å²) in [6.07, 6.45) is 8.19. The normalized spacial score (nSPS) is 13.8. The van der Waals surface area contributed by atoms with Crippen LogP contribution in [-0.2, 0) is 4.43 Å². The number of hydrogen-bond donors (Lipinski definition) is 0. The van der Waals surface area contributed by atoms with Gasteiger partial charge in [-0.05, 0) is 0 Å². The molecule has 1 rings (SSSR count). The monoisotopic (exact) mass is 470 g/mol. The van der Waals surface area contributed by atoms with Crippen LogP contribution in [0.4, 0.5) is 0 Å². The molecule has 0 bridgehead atoms. The second kappa shape index (κ2) is 11.8. The first kappa shape index (κ1) is 23.2. The molecule has 1 atom stereocenters. The van der Waals surface area contributed by atoms with Gasteiger partial charge in [0.1, 0.15) is 0 Å². The molecule has 0 aliphatic rings. The Morgan fingerprint density at radius 1 is 0.800 bits per heavy atom. The first-order valence-electron chi connectivity index (χ1n) is 10.6. The summed E-state index contributed by atoms with van der Waals surface area (Å²) in [5.74, 6) is 0. The molecule has 3 heteroatoms. The molecule has 0 saturated carbocycles. The summed E-state index contributed by atoms with van der Waals surface area (Å²) in [5, 5.41) is 0.